The molecule has 1 fully saturated rings. The summed E-state index contributed by atoms with van der Waals surface area (Å²) in [5.41, 5.74) is 16.6. The monoisotopic (exact) mass is 377 g/mol. The summed E-state index contributed by atoms with van der Waals surface area (Å²) in [7, 11) is 0. The molecular formula is C17H24BrN5. The minimum atomic E-state index is -0.390. The molecule has 0 radical (unpaired) electrons. The molecule has 1 saturated carbocycles. The van der Waals surface area contributed by atoms with Crippen LogP contribution in [0.2, 0.25) is 0 Å². The van der Waals surface area contributed by atoms with Crippen LogP contribution in [0.5, 0.6) is 0 Å². The summed E-state index contributed by atoms with van der Waals surface area (Å²) >= 11 is 3.71. The summed E-state index contributed by atoms with van der Waals surface area (Å²) in [6.07, 6.45) is 5.40. The van der Waals surface area contributed by atoms with E-state index in [9.17, 15) is 0 Å². The first-order valence-corrected chi connectivity index (χ1v) is 8.91. The fourth-order valence-corrected chi connectivity index (χ4v) is 4.24. The van der Waals surface area contributed by atoms with Gasteiger partial charge in [-0.2, -0.15) is 4.99 Å². The maximum Gasteiger partial charge on any atom is 0.220 e. The lowest BCUT2D eigenvalue weighted by molar-refractivity contribution is 0.305. The van der Waals surface area contributed by atoms with E-state index in [2.05, 4.69) is 52.7 Å². The first-order valence-electron chi connectivity index (χ1n) is 8.12. The van der Waals surface area contributed by atoms with Gasteiger partial charge in [0.1, 0.15) is 5.66 Å². The van der Waals surface area contributed by atoms with Crippen molar-refractivity contribution >= 4 is 33.5 Å². The number of aliphatic imine (C=N–C) groups is 2. The molecule has 1 aromatic carbocycles. The third-order valence-corrected chi connectivity index (χ3v) is 6.13. The van der Waals surface area contributed by atoms with E-state index in [1.54, 1.807) is 0 Å². The van der Waals surface area contributed by atoms with Crippen molar-refractivity contribution in [3.05, 3.63) is 27.2 Å². The highest BCUT2D eigenvalue weighted by atomic mass is 79.9. The number of aryl methyl sites for hydroxylation is 2. The molecule has 1 aliphatic heterocycles. The zero-order valence-electron chi connectivity index (χ0n) is 14.0. The smallest absolute Gasteiger partial charge is 0.220 e. The van der Waals surface area contributed by atoms with Crippen LogP contribution >= 0.6 is 15.9 Å². The molecule has 0 atom stereocenters. The van der Waals surface area contributed by atoms with Gasteiger partial charge in [0, 0.05) is 4.47 Å². The summed E-state index contributed by atoms with van der Waals surface area (Å²) in [6.45, 7) is 6.34. The van der Waals surface area contributed by atoms with Gasteiger partial charge in [0.25, 0.3) is 0 Å². The lowest BCUT2D eigenvalue weighted by Gasteiger charge is -2.46. The Morgan fingerprint density at radius 3 is 2.39 bits per heavy atom. The van der Waals surface area contributed by atoms with Gasteiger partial charge in [0.15, 0.2) is 0 Å². The SMILES string of the molecule is Cc1cc(C)c(N2C(N)=NC(N)=NC23CCCCC3)c(C)c1Br. The molecule has 6 heteroatoms. The second kappa shape index (κ2) is 5.82. The van der Waals surface area contributed by atoms with Gasteiger partial charge in [-0.05, 0) is 63.1 Å². The maximum absolute atomic E-state index is 6.33. The number of benzene rings is 1. The van der Waals surface area contributed by atoms with Crippen molar-refractivity contribution in [1.82, 2.24) is 0 Å². The molecule has 0 bridgehead atoms. The van der Waals surface area contributed by atoms with Crippen molar-refractivity contribution in [3.63, 3.8) is 0 Å². The van der Waals surface area contributed by atoms with E-state index in [1.165, 1.54) is 23.1 Å². The van der Waals surface area contributed by atoms with Gasteiger partial charge in [-0.3, -0.25) is 4.90 Å². The fourth-order valence-electron chi connectivity index (χ4n) is 3.94. The van der Waals surface area contributed by atoms with Gasteiger partial charge >= 0.3 is 0 Å². The van der Waals surface area contributed by atoms with Gasteiger partial charge in [-0.1, -0.05) is 28.4 Å². The van der Waals surface area contributed by atoms with E-state index in [0.29, 0.717) is 11.9 Å². The van der Waals surface area contributed by atoms with Crippen molar-refractivity contribution in [2.75, 3.05) is 4.90 Å². The molecule has 2 aliphatic rings. The molecular weight excluding hydrogens is 354 g/mol. The molecule has 3 rings (SSSR count). The molecule has 0 aromatic heterocycles. The van der Waals surface area contributed by atoms with E-state index in [1.807, 2.05) is 0 Å². The maximum atomic E-state index is 6.33. The van der Waals surface area contributed by atoms with Crippen molar-refractivity contribution in [1.29, 1.82) is 0 Å². The van der Waals surface area contributed by atoms with E-state index in [0.717, 1.165) is 35.8 Å². The standard InChI is InChI=1S/C17H24BrN5/c1-10-9-11(2)14(12(3)13(10)18)23-16(20)21-15(19)22-17(23)7-5-4-6-8-17/h9H,4-8H2,1-3H3,(H4,19,20,21,22). The number of hydrogen-bond acceptors (Lipinski definition) is 5. The summed E-state index contributed by atoms with van der Waals surface area (Å²) in [5, 5.41) is 0. The number of nitrogens with zero attached hydrogens (tertiary/aromatic N) is 3. The fraction of sp³-hybridized carbons (Fsp3) is 0.529. The number of guanidine groups is 2. The quantitative estimate of drug-likeness (QED) is 0.785. The van der Waals surface area contributed by atoms with E-state index < -0.39 is 5.66 Å². The van der Waals surface area contributed by atoms with Crippen LogP contribution < -0.4 is 16.4 Å². The Balaban J connectivity index is 2.21. The third kappa shape index (κ3) is 2.63. The number of nitrogens with two attached hydrogens (primary N) is 2. The van der Waals surface area contributed by atoms with Crippen LogP contribution in [0.25, 0.3) is 0 Å². The van der Waals surface area contributed by atoms with Crippen LogP contribution in [0.1, 0.15) is 48.8 Å². The number of hydrogen-bond donors (Lipinski definition) is 2. The average Bonchev–Trinajstić information content (AvgIpc) is 2.48. The average molecular weight is 378 g/mol. The van der Waals surface area contributed by atoms with Crippen LogP contribution in [0.15, 0.2) is 20.5 Å². The van der Waals surface area contributed by atoms with Crippen LogP contribution in [-0.2, 0) is 0 Å². The summed E-state index contributed by atoms with van der Waals surface area (Å²) in [4.78, 5) is 11.1. The Hall–Kier alpha value is -1.56. The molecule has 23 heavy (non-hydrogen) atoms. The Bertz CT molecular complexity index is 701. The van der Waals surface area contributed by atoms with E-state index in [4.69, 9.17) is 16.5 Å². The van der Waals surface area contributed by atoms with Crippen molar-refractivity contribution in [2.24, 2.45) is 21.5 Å². The summed E-state index contributed by atoms with van der Waals surface area (Å²) < 4.78 is 1.11. The van der Waals surface area contributed by atoms with E-state index >= 15 is 0 Å². The van der Waals surface area contributed by atoms with E-state index in [-0.39, 0.29) is 0 Å². The zero-order chi connectivity index (χ0) is 16.8. The predicted octanol–water partition coefficient (Wildman–Crippen LogP) is 3.48. The van der Waals surface area contributed by atoms with Gasteiger partial charge < -0.3 is 11.5 Å². The van der Waals surface area contributed by atoms with Crippen LogP contribution in [0.4, 0.5) is 5.69 Å². The second-order valence-corrected chi connectivity index (χ2v) is 7.41. The van der Waals surface area contributed by atoms with Crippen LogP contribution in [0, 0.1) is 20.8 Å². The number of rotatable bonds is 1. The van der Waals surface area contributed by atoms with Gasteiger partial charge in [0.05, 0.1) is 5.69 Å². The lowest BCUT2D eigenvalue weighted by atomic mass is 9.86. The topological polar surface area (TPSA) is 80.0 Å². The summed E-state index contributed by atoms with van der Waals surface area (Å²) in [6, 6.07) is 2.18. The highest BCUT2D eigenvalue weighted by Gasteiger charge is 2.43. The molecule has 124 valence electrons. The zero-order valence-corrected chi connectivity index (χ0v) is 15.6. The molecule has 4 N–H and O–H groups in total. The predicted molar refractivity (Wildman–Crippen MR) is 99.9 cm³/mol. The molecule has 1 heterocycles. The molecule has 1 aromatic rings. The van der Waals surface area contributed by atoms with Crippen LogP contribution in [-0.4, -0.2) is 17.6 Å². The first-order chi connectivity index (χ1) is 10.9. The van der Waals surface area contributed by atoms with Crippen molar-refractivity contribution < 1.29 is 0 Å². The second-order valence-electron chi connectivity index (χ2n) is 6.62. The third-order valence-electron chi connectivity index (χ3n) is 4.91. The van der Waals surface area contributed by atoms with Crippen LogP contribution in [0.3, 0.4) is 0 Å². The minimum Gasteiger partial charge on any atom is -0.369 e. The Morgan fingerprint density at radius 1 is 1.09 bits per heavy atom. The van der Waals surface area contributed by atoms with Gasteiger partial charge in [-0.25, -0.2) is 4.99 Å². The number of halogens is 1. The van der Waals surface area contributed by atoms with Gasteiger partial charge in [-0.15, -0.1) is 0 Å². The summed E-state index contributed by atoms with van der Waals surface area (Å²) in [5.74, 6) is 0.739. The first kappa shape index (κ1) is 16.3. The van der Waals surface area contributed by atoms with Gasteiger partial charge in [0.2, 0.25) is 11.9 Å². The molecule has 5 nitrogen and oxygen atoms in total. The molecule has 0 amide bonds. The molecule has 1 aliphatic carbocycles. The Morgan fingerprint density at radius 2 is 1.74 bits per heavy atom. The Labute approximate surface area is 146 Å². The molecule has 0 saturated heterocycles. The number of anilines is 1. The molecule has 1 spiro atoms. The highest BCUT2D eigenvalue weighted by molar-refractivity contribution is 9.10. The normalized spacial score (nSPS) is 20.4. The van der Waals surface area contributed by atoms with Crippen molar-refractivity contribution in [2.45, 2.75) is 58.5 Å². The minimum absolute atomic E-state index is 0.294. The largest absolute Gasteiger partial charge is 0.369 e. The lowest BCUT2D eigenvalue weighted by Crippen LogP contribution is -2.58. The molecule has 0 unspecified atom stereocenters. The van der Waals surface area contributed by atoms with Crippen molar-refractivity contribution in [3.8, 4) is 0 Å². The highest BCUT2D eigenvalue weighted by Crippen LogP contribution is 2.43. The Kier molecular flexibility index (Phi) is 4.12.